The topological polar surface area (TPSA) is 195 Å². The summed E-state index contributed by atoms with van der Waals surface area (Å²) in [6.45, 7) is 6.00. The van der Waals surface area contributed by atoms with Gasteiger partial charge in [-0.15, -0.1) is 0 Å². The van der Waals surface area contributed by atoms with E-state index in [1.807, 2.05) is 4.90 Å². The predicted molar refractivity (Wildman–Crippen MR) is 157 cm³/mol. The highest BCUT2D eigenvalue weighted by molar-refractivity contribution is 5.81. The summed E-state index contributed by atoms with van der Waals surface area (Å²) in [5.74, 6) is -3.00. The van der Waals surface area contributed by atoms with E-state index in [-0.39, 0.29) is 43.9 Å². The van der Waals surface area contributed by atoms with Crippen LogP contribution in [0.4, 0.5) is 0 Å². The molecule has 6 N–H and O–H groups in total. The van der Waals surface area contributed by atoms with E-state index in [1.165, 1.54) is 0 Å². The molecule has 1 fully saturated rings. The van der Waals surface area contributed by atoms with Crippen LogP contribution >= 0.6 is 0 Å². The van der Waals surface area contributed by atoms with Crippen LogP contribution in [-0.4, -0.2) is 176 Å². The van der Waals surface area contributed by atoms with Crippen molar-refractivity contribution in [2.45, 2.75) is 38.6 Å². The van der Waals surface area contributed by atoms with Crippen molar-refractivity contribution in [2.24, 2.45) is 0 Å². The largest absolute Gasteiger partial charge is 0.480 e. The van der Waals surface area contributed by atoms with Crippen LogP contribution in [0.3, 0.4) is 0 Å². The monoisotopic (exact) mass is 601 g/mol. The maximum Gasteiger partial charge on any atom is 0.317 e. The van der Waals surface area contributed by atoms with Crippen LogP contribution in [0.5, 0.6) is 0 Å². The van der Waals surface area contributed by atoms with Gasteiger partial charge in [0, 0.05) is 58.9 Å². The number of unbranched alkanes of at least 4 members (excludes halogenated alkanes) is 1. The summed E-state index contributed by atoms with van der Waals surface area (Å²) in [5.41, 5.74) is 0. The van der Waals surface area contributed by atoms with Gasteiger partial charge in [-0.25, -0.2) is 0 Å². The standard InChI is InChI=1S/C27H51N7O8/c1-22(35)23(28-2)6-3-4-7-29-8-5-9-30-24(36)18-31-10-12-32(19-25(37)38)14-16-34(21-27(41)42)17-15-33(13-11-31)20-26(39)40/h23,28-29H,3-21H2,1-2H3,(H,30,36)(H,37,38)(H,39,40)(H,41,42). The van der Waals surface area contributed by atoms with Gasteiger partial charge in [0.15, 0.2) is 0 Å². The number of carbonyl (C=O) groups is 5. The minimum atomic E-state index is -1.01. The van der Waals surface area contributed by atoms with E-state index in [4.69, 9.17) is 0 Å². The van der Waals surface area contributed by atoms with Crippen LogP contribution in [0.25, 0.3) is 0 Å². The zero-order valence-electron chi connectivity index (χ0n) is 25.2. The zero-order chi connectivity index (χ0) is 31.3. The van der Waals surface area contributed by atoms with Crippen LogP contribution in [0.1, 0.15) is 32.6 Å². The van der Waals surface area contributed by atoms with Gasteiger partial charge in [0.05, 0.1) is 32.2 Å². The second-order valence-corrected chi connectivity index (χ2v) is 10.7. The molecular formula is C27H51N7O8. The van der Waals surface area contributed by atoms with E-state index in [2.05, 4.69) is 16.0 Å². The quantitative estimate of drug-likeness (QED) is 0.0882. The molecule has 1 aliphatic rings. The molecule has 1 amide bonds. The second-order valence-electron chi connectivity index (χ2n) is 10.7. The van der Waals surface area contributed by atoms with Gasteiger partial charge < -0.3 is 31.3 Å². The Hall–Kier alpha value is -2.69. The molecule has 0 aromatic rings. The average Bonchev–Trinajstić information content (AvgIpc) is 2.90. The summed E-state index contributed by atoms with van der Waals surface area (Å²) in [6, 6.07) is -0.0915. The fourth-order valence-electron chi connectivity index (χ4n) is 4.76. The van der Waals surface area contributed by atoms with Crippen LogP contribution in [-0.2, 0) is 24.0 Å². The molecule has 0 aromatic carbocycles. The van der Waals surface area contributed by atoms with E-state index in [1.54, 1.807) is 28.7 Å². The SMILES string of the molecule is CNC(CCCCNCCCNC(=O)CN1CCN(CC(=O)O)CCN(CC(=O)O)CCN(CC(=O)O)CC1)C(C)=O. The van der Waals surface area contributed by atoms with E-state index in [0.717, 1.165) is 38.8 Å². The molecule has 0 aromatic heterocycles. The number of carboxylic acid groups (broad SMARTS) is 3. The number of rotatable bonds is 19. The Balaban J connectivity index is 2.56. The van der Waals surface area contributed by atoms with E-state index >= 15 is 0 Å². The van der Waals surface area contributed by atoms with Crippen LogP contribution in [0.2, 0.25) is 0 Å². The van der Waals surface area contributed by atoms with E-state index in [0.29, 0.717) is 58.9 Å². The smallest absolute Gasteiger partial charge is 0.317 e. The van der Waals surface area contributed by atoms with Crippen LogP contribution < -0.4 is 16.0 Å². The minimum absolute atomic E-state index is 0.0915. The van der Waals surface area contributed by atoms with Crippen molar-refractivity contribution < 1.29 is 39.3 Å². The third-order valence-electron chi connectivity index (χ3n) is 7.16. The number of nitrogens with zero attached hydrogens (tertiary/aromatic N) is 4. The Morgan fingerprint density at radius 3 is 1.40 bits per heavy atom. The van der Waals surface area contributed by atoms with Gasteiger partial charge >= 0.3 is 17.9 Å². The lowest BCUT2D eigenvalue weighted by atomic mass is 10.1. The molecule has 1 heterocycles. The van der Waals surface area contributed by atoms with Crippen molar-refractivity contribution in [3.8, 4) is 0 Å². The molecule has 242 valence electrons. The number of likely N-dealkylation sites (N-methyl/N-ethyl adjacent to an activating group) is 1. The minimum Gasteiger partial charge on any atom is -0.480 e. The third-order valence-corrected chi connectivity index (χ3v) is 7.16. The Labute approximate surface area is 248 Å². The predicted octanol–water partition coefficient (Wildman–Crippen LogP) is -2.09. The number of ketones is 1. The van der Waals surface area contributed by atoms with Crippen LogP contribution in [0.15, 0.2) is 0 Å². The summed E-state index contributed by atoms with van der Waals surface area (Å²) >= 11 is 0. The fraction of sp³-hybridized carbons (Fsp3) is 0.815. The number of amides is 1. The molecule has 0 aliphatic carbocycles. The van der Waals surface area contributed by atoms with Crippen LogP contribution in [0, 0.1) is 0 Å². The molecule has 1 unspecified atom stereocenters. The summed E-state index contributed by atoms with van der Waals surface area (Å²) in [7, 11) is 1.79. The van der Waals surface area contributed by atoms with Gasteiger partial charge in [-0.2, -0.15) is 0 Å². The Morgan fingerprint density at radius 2 is 1.02 bits per heavy atom. The zero-order valence-corrected chi connectivity index (χ0v) is 25.2. The fourth-order valence-corrected chi connectivity index (χ4v) is 4.76. The van der Waals surface area contributed by atoms with Crippen molar-refractivity contribution in [3.05, 3.63) is 0 Å². The Morgan fingerprint density at radius 1 is 0.619 bits per heavy atom. The molecule has 0 radical (unpaired) electrons. The van der Waals surface area contributed by atoms with Crippen molar-refractivity contribution >= 4 is 29.6 Å². The van der Waals surface area contributed by atoms with Gasteiger partial charge in [-0.05, 0) is 46.3 Å². The van der Waals surface area contributed by atoms with Gasteiger partial charge in [-0.1, -0.05) is 6.42 Å². The second kappa shape index (κ2) is 21.9. The first kappa shape index (κ1) is 37.3. The van der Waals surface area contributed by atoms with Crippen molar-refractivity contribution in [1.82, 2.24) is 35.6 Å². The maximum atomic E-state index is 12.7. The number of carboxylic acids is 3. The molecule has 0 spiro atoms. The third kappa shape index (κ3) is 18.7. The maximum absolute atomic E-state index is 12.7. The first-order valence-corrected chi connectivity index (χ1v) is 14.7. The van der Waals surface area contributed by atoms with Gasteiger partial charge in [-0.3, -0.25) is 43.6 Å². The Kier molecular flexibility index (Phi) is 19.5. The normalized spacial score (nSPS) is 17.6. The highest BCUT2D eigenvalue weighted by Crippen LogP contribution is 2.02. The molecular weight excluding hydrogens is 550 g/mol. The highest BCUT2D eigenvalue weighted by Gasteiger charge is 2.21. The van der Waals surface area contributed by atoms with Crippen molar-refractivity contribution in [2.75, 3.05) is 105 Å². The molecule has 15 heteroatoms. The first-order valence-electron chi connectivity index (χ1n) is 14.7. The number of aliphatic carboxylic acids is 3. The molecule has 1 atom stereocenters. The van der Waals surface area contributed by atoms with Gasteiger partial charge in [0.25, 0.3) is 0 Å². The van der Waals surface area contributed by atoms with E-state index < -0.39 is 17.9 Å². The molecule has 0 saturated carbocycles. The molecule has 1 aliphatic heterocycles. The lowest BCUT2D eigenvalue weighted by molar-refractivity contribution is -0.140. The number of Topliss-reactive ketones (excluding diaryl/α,β-unsaturated/α-hetero) is 1. The van der Waals surface area contributed by atoms with Crippen molar-refractivity contribution in [3.63, 3.8) is 0 Å². The lowest BCUT2D eigenvalue weighted by Gasteiger charge is -2.32. The molecule has 0 bridgehead atoms. The highest BCUT2D eigenvalue weighted by atomic mass is 16.4. The Bertz CT molecular complexity index is 815. The average molecular weight is 602 g/mol. The number of hydrogen-bond donors (Lipinski definition) is 6. The lowest BCUT2D eigenvalue weighted by Crippen LogP contribution is -2.49. The molecule has 15 nitrogen and oxygen atoms in total. The van der Waals surface area contributed by atoms with Gasteiger partial charge in [0.1, 0.15) is 5.78 Å². The van der Waals surface area contributed by atoms with Crippen molar-refractivity contribution in [1.29, 1.82) is 0 Å². The summed E-state index contributed by atoms with van der Waals surface area (Å²) in [4.78, 5) is 65.3. The summed E-state index contributed by atoms with van der Waals surface area (Å²) in [5, 5.41) is 37.2. The molecule has 1 saturated heterocycles. The first-order chi connectivity index (χ1) is 20.0. The molecule has 1 rings (SSSR count). The molecule has 42 heavy (non-hydrogen) atoms. The van der Waals surface area contributed by atoms with E-state index in [9.17, 15) is 39.3 Å². The summed E-state index contributed by atoms with van der Waals surface area (Å²) in [6.07, 6.45) is 3.47. The number of carbonyl (C=O) groups excluding carboxylic acids is 2. The van der Waals surface area contributed by atoms with Gasteiger partial charge in [0.2, 0.25) is 5.91 Å². The number of nitrogens with one attached hydrogen (secondary N) is 3. The number of hydrogen-bond acceptors (Lipinski definition) is 11. The summed E-state index contributed by atoms with van der Waals surface area (Å²) < 4.78 is 0.